The summed E-state index contributed by atoms with van der Waals surface area (Å²) in [5.41, 5.74) is 0.867. The van der Waals surface area contributed by atoms with Crippen molar-refractivity contribution < 1.29 is 27.9 Å². The normalized spacial score (nSPS) is 18.0. The van der Waals surface area contributed by atoms with Gasteiger partial charge in [0.05, 0.1) is 23.4 Å². The molecule has 4 rings (SSSR count). The first-order valence-corrected chi connectivity index (χ1v) is 10.7. The van der Waals surface area contributed by atoms with Crippen molar-refractivity contribution in [2.24, 2.45) is 0 Å². The van der Waals surface area contributed by atoms with Crippen LogP contribution in [0, 0.1) is 6.92 Å². The molecule has 2 aliphatic rings. The van der Waals surface area contributed by atoms with Gasteiger partial charge in [0.1, 0.15) is 5.70 Å². The Morgan fingerprint density at radius 2 is 1.61 bits per heavy atom. The lowest BCUT2D eigenvalue weighted by Crippen LogP contribution is -2.48. The Bertz CT molecular complexity index is 1090. The quantitative estimate of drug-likeness (QED) is 0.697. The molecule has 0 aromatic heterocycles. The molecule has 174 valence electrons. The fourth-order valence-corrected chi connectivity index (χ4v) is 4.18. The maximum absolute atomic E-state index is 13.5. The molecule has 1 fully saturated rings. The van der Waals surface area contributed by atoms with Crippen LogP contribution in [-0.2, 0) is 15.8 Å². The molecule has 2 heterocycles. The van der Waals surface area contributed by atoms with E-state index in [4.69, 9.17) is 0 Å². The molecule has 0 saturated carbocycles. The predicted octanol–water partition coefficient (Wildman–Crippen LogP) is 2.91. The molecule has 2 aromatic carbocycles. The Kier molecular flexibility index (Phi) is 6.27. The summed E-state index contributed by atoms with van der Waals surface area (Å²) in [5, 5.41) is 9.18. The van der Waals surface area contributed by atoms with E-state index >= 15 is 0 Å². The van der Waals surface area contributed by atoms with Gasteiger partial charge in [0.25, 0.3) is 11.8 Å². The van der Waals surface area contributed by atoms with Crippen molar-refractivity contribution >= 4 is 23.1 Å². The molecule has 0 bridgehead atoms. The number of carbonyl (C=O) groups excluding carboxylic acids is 2. The number of alkyl halides is 3. The second kappa shape index (κ2) is 8.99. The largest absolute Gasteiger partial charge is 0.416 e. The first-order chi connectivity index (χ1) is 15.7. The van der Waals surface area contributed by atoms with Gasteiger partial charge in [-0.05, 0) is 30.7 Å². The van der Waals surface area contributed by atoms with Crippen LogP contribution in [0.1, 0.15) is 16.7 Å². The zero-order valence-corrected chi connectivity index (χ0v) is 18.1. The van der Waals surface area contributed by atoms with Gasteiger partial charge >= 0.3 is 6.18 Å². The number of aryl methyl sites for hydroxylation is 1. The second-order valence-corrected chi connectivity index (χ2v) is 8.14. The maximum Gasteiger partial charge on any atom is 0.416 e. The number of halogens is 3. The molecule has 1 saturated heterocycles. The molecule has 2 aliphatic heterocycles. The lowest BCUT2D eigenvalue weighted by atomic mass is 10.0. The Balaban J connectivity index is 1.75. The molecule has 6 nitrogen and oxygen atoms in total. The van der Waals surface area contributed by atoms with Crippen LogP contribution >= 0.6 is 0 Å². The molecule has 0 aliphatic carbocycles. The molecular weight excluding hydrogens is 435 g/mol. The van der Waals surface area contributed by atoms with Crippen molar-refractivity contribution in [3.8, 4) is 0 Å². The van der Waals surface area contributed by atoms with Crippen LogP contribution in [0.2, 0.25) is 0 Å². The minimum atomic E-state index is -4.60. The number of carbonyl (C=O) groups is 2. The van der Waals surface area contributed by atoms with Crippen LogP contribution in [0.3, 0.4) is 0 Å². The monoisotopic (exact) mass is 459 g/mol. The number of nitrogens with zero attached hydrogens (tertiary/aromatic N) is 3. The standard InChI is InChI=1S/C24H24F3N3O3/c1-16-5-7-17(8-6-16)20-21(29-11-9-28(10-12-29)13-14-31)23(33)30(22(20)32)19-4-2-3-18(15-19)24(25,26)27/h2-8,15,31H,9-14H2,1H3. The smallest absolute Gasteiger partial charge is 0.395 e. The number of β-amino-alcohol motifs (C(OH)–C–C–N with tert-alkyl or cyclic N) is 1. The Labute approximate surface area is 189 Å². The fraction of sp³-hybridized carbons (Fsp3) is 0.333. The number of hydrogen-bond donors (Lipinski definition) is 1. The number of hydrogen-bond acceptors (Lipinski definition) is 5. The van der Waals surface area contributed by atoms with Crippen molar-refractivity contribution in [1.29, 1.82) is 0 Å². The van der Waals surface area contributed by atoms with Gasteiger partial charge in [-0.25, -0.2) is 4.90 Å². The number of benzene rings is 2. The molecule has 0 radical (unpaired) electrons. The first kappa shape index (κ1) is 23.0. The summed E-state index contributed by atoms with van der Waals surface area (Å²) in [6.07, 6.45) is -4.60. The highest BCUT2D eigenvalue weighted by atomic mass is 19.4. The molecule has 0 atom stereocenters. The van der Waals surface area contributed by atoms with Crippen LogP contribution in [0.25, 0.3) is 5.57 Å². The van der Waals surface area contributed by atoms with Gasteiger partial charge in [-0.1, -0.05) is 35.9 Å². The first-order valence-electron chi connectivity index (χ1n) is 10.7. The number of aliphatic hydroxyl groups excluding tert-OH is 1. The Morgan fingerprint density at radius 1 is 0.939 bits per heavy atom. The number of imide groups is 1. The van der Waals surface area contributed by atoms with Crippen molar-refractivity contribution in [3.05, 3.63) is 70.9 Å². The molecule has 1 N–H and O–H groups in total. The summed E-state index contributed by atoms with van der Waals surface area (Å²) in [6, 6.07) is 11.4. The third-order valence-corrected chi connectivity index (χ3v) is 5.94. The summed E-state index contributed by atoms with van der Waals surface area (Å²) < 4.78 is 39.8. The van der Waals surface area contributed by atoms with Gasteiger partial charge in [-0.3, -0.25) is 14.5 Å². The molecule has 33 heavy (non-hydrogen) atoms. The van der Waals surface area contributed by atoms with Gasteiger partial charge in [-0.15, -0.1) is 0 Å². The number of amides is 2. The third kappa shape index (κ3) is 4.51. The van der Waals surface area contributed by atoms with Crippen LogP contribution in [0.4, 0.5) is 18.9 Å². The summed E-state index contributed by atoms with van der Waals surface area (Å²) in [5.74, 6) is -1.28. The molecule has 2 aromatic rings. The van der Waals surface area contributed by atoms with E-state index in [2.05, 4.69) is 4.90 Å². The van der Waals surface area contributed by atoms with Gasteiger partial charge in [-0.2, -0.15) is 13.2 Å². The van der Waals surface area contributed by atoms with Crippen LogP contribution in [-0.4, -0.2) is 66.1 Å². The van der Waals surface area contributed by atoms with Gasteiger partial charge in [0, 0.05) is 32.7 Å². The predicted molar refractivity (Wildman–Crippen MR) is 117 cm³/mol. The second-order valence-electron chi connectivity index (χ2n) is 8.14. The van der Waals surface area contributed by atoms with Crippen LogP contribution in [0.15, 0.2) is 54.2 Å². The van der Waals surface area contributed by atoms with E-state index in [0.29, 0.717) is 38.3 Å². The van der Waals surface area contributed by atoms with Crippen LogP contribution < -0.4 is 4.90 Å². The minimum absolute atomic E-state index is 0.0258. The van der Waals surface area contributed by atoms with Gasteiger partial charge in [0.15, 0.2) is 0 Å². The van der Waals surface area contributed by atoms with E-state index < -0.39 is 23.6 Å². The zero-order valence-electron chi connectivity index (χ0n) is 18.1. The van der Waals surface area contributed by atoms with Crippen molar-refractivity contribution in [3.63, 3.8) is 0 Å². The molecular formula is C24H24F3N3O3. The lowest BCUT2D eigenvalue weighted by Gasteiger charge is -2.36. The summed E-state index contributed by atoms with van der Waals surface area (Å²) >= 11 is 0. The Morgan fingerprint density at radius 3 is 2.21 bits per heavy atom. The van der Waals surface area contributed by atoms with Crippen molar-refractivity contribution in [2.75, 3.05) is 44.2 Å². The maximum atomic E-state index is 13.5. The van der Waals surface area contributed by atoms with E-state index in [1.807, 2.05) is 24.0 Å². The average Bonchev–Trinajstić information content (AvgIpc) is 3.04. The third-order valence-electron chi connectivity index (χ3n) is 5.94. The molecule has 9 heteroatoms. The number of aliphatic hydroxyl groups is 1. The van der Waals surface area contributed by atoms with Crippen molar-refractivity contribution in [2.45, 2.75) is 13.1 Å². The highest BCUT2D eigenvalue weighted by Crippen LogP contribution is 2.37. The topological polar surface area (TPSA) is 64.1 Å². The summed E-state index contributed by atoms with van der Waals surface area (Å²) in [7, 11) is 0. The van der Waals surface area contributed by atoms with Crippen LogP contribution in [0.5, 0.6) is 0 Å². The molecule has 2 amide bonds. The SMILES string of the molecule is Cc1ccc(C2=C(N3CCN(CCO)CC3)C(=O)N(c3cccc(C(F)(F)F)c3)C2=O)cc1. The highest BCUT2D eigenvalue weighted by molar-refractivity contribution is 6.45. The zero-order chi connectivity index (χ0) is 23.8. The lowest BCUT2D eigenvalue weighted by molar-refractivity contribution is -0.137. The fourth-order valence-electron chi connectivity index (χ4n) is 4.18. The van der Waals surface area contributed by atoms with E-state index in [0.717, 1.165) is 22.6 Å². The number of anilines is 1. The number of rotatable bonds is 5. The van der Waals surface area contributed by atoms with Gasteiger partial charge in [0.2, 0.25) is 0 Å². The van der Waals surface area contributed by atoms with Gasteiger partial charge < -0.3 is 10.0 Å². The minimum Gasteiger partial charge on any atom is -0.395 e. The van der Waals surface area contributed by atoms with Crippen molar-refractivity contribution in [1.82, 2.24) is 9.80 Å². The van der Waals surface area contributed by atoms with E-state index in [1.54, 1.807) is 12.1 Å². The van der Waals surface area contributed by atoms with E-state index in [-0.39, 0.29) is 23.6 Å². The highest BCUT2D eigenvalue weighted by Gasteiger charge is 2.43. The average molecular weight is 459 g/mol. The van der Waals surface area contributed by atoms with E-state index in [1.165, 1.54) is 12.1 Å². The molecule has 0 spiro atoms. The molecule has 0 unspecified atom stereocenters. The summed E-state index contributed by atoms with van der Waals surface area (Å²) in [6.45, 7) is 4.54. The van der Waals surface area contributed by atoms with E-state index in [9.17, 15) is 27.9 Å². The number of piperazine rings is 1. The summed E-state index contributed by atoms with van der Waals surface area (Å²) in [4.78, 5) is 31.7. The Hall–Kier alpha value is -3.17.